The van der Waals surface area contributed by atoms with Crippen molar-refractivity contribution in [3.05, 3.63) is 45.9 Å². The second kappa shape index (κ2) is 6.04. The second-order valence-electron chi connectivity index (χ2n) is 4.52. The smallest absolute Gasteiger partial charge is 0.342 e. The van der Waals surface area contributed by atoms with E-state index in [1.54, 1.807) is 31.5 Å². The van der Waals surface area contributed by atoms with Crippen LogP contribution in [0.2, 0.25) is 0 Å². The van der Waals surface area contributed by atoms with E-state index in [9.17, 15) is 14.3 Å². The zero-order valence-electron chi connectivity index (χ0n) is 11.9. The molecule has 0 aliphatic heterocycles. The summed E-state index contributed by atoms with van der Waals surface area (Å²) >= 11 is 0. The molecule has 1 aromatic heterocycles. The number of benzene rings is 1. The summed E-state index contributed by atoms with van der Waals surface area (Å²) in [5.74, 6) is 0.983. The van der Waals surface area contributed by atoms with Crippen molar-refractivity contribution in [1.29, 1.82) is 0 Å². The lowest BCUT2D eigenvalue weighted by molar-refractivity contribution is -0.391. The molecule has 0 spiro atoms. The summed E-state index contributed by atoms with van der Waals surface area (Å²) in [6.45, 7) is 1.98. The highest BCUT2D eigenvalue weighted by Gasteiger charge is 2.16. The largest absolute Gasteiger partial charge is 0.483 e. The molecule has 1 heterocycles. The highest BCUT2D eigenvalue weighted by atomic mass is 32.2. The number of nitro groups is 1. The number of imidazole rings is 1. The third-order valence-electron chi connectivity index (χ3n) is 3.07. The molecule has 1 aromatic carbocycles. The molecule has 2 rings (SSSR count). The number of hydrogen-bond donors (Lipinski definition) is 0. The van der Waals surface area contributed by atoms with E-state index in [1.807, 2.05) is 6.92 Å². The summed E-state index contributed by atoms with van der Waals surface area (Å²) in [6, 6.07) is 5.26. The molecule has 112 valence electrons. The van der Waals surface area contributed by atoms with Crippen molar-refractivity contribution < 1.29 is 13.9 Å². The van der Waals surface area contributed by atoms with Crippen molar-refractivity contribution in [2.24, 2.45) is 7.05 Å². The first kappa shape index (κ1) is 15.2. The highest BCUT2D eigenvalue weighted by Crippen LogP contribution is 2.21. The first-order chi connectivity index (χ1) is 9.90. The van der Waals surface area contributed by atoms with E-state index in [1.165, 1.54) is 10.8 Å². The molecule has 21 heavy (non-hydrogen) atoms. The Hall–Kier alpha value is -2.22. The maximum absolute atomic E-state index is 11.5. The number of hydrogen-bond acceptors (Lipinski definition) is 5. The number of nitrogens with zero attached hydrogens (tertiary/aromatic N) is 3. The Morgan fingerprint density at radius 3 is 2.71 bits per heavy atom. The lowest BCUT2D eigenvalue weighted by Crippen LogP contribution is -2.06. The van der Waals surface area contributed by atoms with Gasteiger partial charge in [-0.2, -0.15) is 0 Å². The Bertz CT molecular complexity index is 711. The van der Waals surface area contributed by atoms with Crippen LogP contribution < -0.4 is 4.74 Å². The van der Waals surface area contributed by atoms with E-state index in [0.29, 0.717) is 11.6 Å². The summed E-state index contributed by atoms with van der Waals surface area (Å²) in [4.78, 5) is 15.0. The molecule has 7 nitrogen and oxygen atoms in total. The van der Waals surface area contributed by atoms with Crippen molar-refractivity contribution in [1.82, 2.24) is 9.55 Å². The summed E-state index contributed by atoms with van der Waals surface area (Å²) in [5.41, 5.74) is 0.874. The van der Waals surface area contributed by atoms with E-state index in [2.05, 4.69) is 4.98 Å². The predicted molar refractivity (Wildman–Crippen MR) is 77.7 cm³/mol. The minimum Gasteiger partial charge on any atom is -0.483 e. The van der Waals surface area contributed by atoms with Crippen LogP contribution in [0.25, 0.3) is 0 Å². The van der Waals surface area contributed by atoms with Gasteiger partial charge in [-0.1, -0.05) is 0 Å². The van der Waals surface area contributed by atoms with Crippen molar-refractivity contribution in [2.45, 2.75) is 18.4 Å². The average Bonchev–Trinajstić information content (AvgIpc) is 2.77. The Morgan fingerprint density at radius 1 is 1.48 bits per heavy atom. The molecule has 0 bridgehead atoms. The van der Waals surface area contributed by atoms with Crippen LogP contribution in [-0.4, -0.2) is 24.9 Å². The molecule has 0 radical (unpaired) electrons. The van der Waals surface area contributed by atoms with Gasteiger partial charge in [-0.25, -0.2) is 9.55 Å². The topological polar surface area (TPSA) is 87.3 Å². The molecule has 0 aliphatic carbocycles. The maximum atomic E-state index is 11.5. The molecule has 1 atom stereocenters. The van der Waals surface area contributed by atoms with Crippen LogP contribution in [0.4, 0.5) is 5.82 Å². The third-order valence-corrected chi connectivity index (χ3v) is 4.15. The molecule has 0 saturated carbocycles. The van der Waals surface area contributed by atoms with E-state index >= 15 is 0 Å². The first-order valence-corrected chi connectivity index (χ1v) is 7.68. The van der Waals surface area contributed by atoms with Crippen LogP contribution in [0, 0.1) is 17.0 Å². The van der Waals surface area contributed by atoms with E-state index in [0.717, 1.165) is 10.5 Å². The third kappa shape index (κ3) is 3.27. The molecule has 2 aromatic rings. The van der Waals surface area contributed by atoms with Crippen LogP contribution in [0.3, 0.4) is 0 Å². The Kier molecular flexibility index (Phi) is 4.37. The number of aryl methyl sites for hydroxylation is 1. The van der Waals surface area contributed by atoms with E-state index < -0.39 is 15.7 Å². The predicted octanol–water partition coefficient (Wildman–Crippen LogP) is 1.95. The van der Waals surface area contributed by atoms with Gasteiger partial charge in [-0.15, -0.1) is 0 Å². The molecule has 1 unspecified atom stereocenters. The minimum absolute atomic E-state index is 0.0819. The summed E-state index contributed by atoms with van der Waals surface area (Å²) < 4.78 is 18.4. The minimum atomic E-state index is -1.04. The van der Waals surface area contributed by atoms with Gasteiger partial charge in [-0.3, -0.25) is 4.21 Å². The molecule has 0 fully saturated rings. The van der Waals surface area contributed by atoms with Crippen molar-refractivity contribution >= 4 is 16.6 Å². The number of rotatable bonds is 5. The highest BCUT2D eigenvalue weighted by molar-refractivity contribution is 7.84. The average molecular weight is 309 g/mol. The van der Waals surface area contributed by atoms with Crippen LogP contribution >= 0.6 is 0 Å². The summed E-state index contributed by atoms with van der Waals surface area (Å²) in [6.07, 6.45) is 2.82. The van der Waals surface area contributed by atoms with Crippen LogP contribution in [-0.2, 0) is 24.5 Å². The molecule has 8 heteroatoms. The summed E-state index contributed by atoms with van der Waals surface area (Å²) in [7, 11) is 0.527. The van der Waals surface area contributed by atoms with E-state index in [4.69, 9.17) is 4.74 Å². The first-order valence-electron chi connectivity index (χ1n) is 6.12. The van der Waals surface area contributed by atoms with Gasteiger partial charge in [-0.05, 0) is 35.6 Å². The van der Waals surface area contributed by atoms with Gasteiger partial charge in [0.1, 0.15) is 11.9 Å². The fraction of sp³-hybridized carbons (Fsp3) is 0.308. The van der Waals surface area contributed by atoms with Crippen LogP contribution in [0.15, 0.2) is 29.3 Å². The molecular formula is C13H15N3O4S. The zero-order valence-corrected chi connectivity index (χ0v) is 12.7. The quantitative estimate of drug-likeness (QED) is 0.622. The Balaban J connectivity index is 2.12. The molecule has 0 aliphatic rings. The zero-order chi connectivity index (χ0) is 15.6. The molecular weight excluding hydrogens is 294 g/mol. The number of aromatic nitrogens is 2. The van der Waals surface area contributed by atoms with Gasteiger partial charge in [0.05, 0.1) is 17.8 Å². The lowest BCUT2D eigenvalue weighted by Gasteiger charge is -2.07. The lowest BCUT2D eigenvalue weighted by atomic mass is 10.2. The van der Waals surface area contributed by atoms with Gasteiger partial charge in [0.2, 0.25) is 5.82 Å². The van der Waals surface area contributed by atoms with Gasteiger partial charge < -0.3 is 14.9 Å². The molecule has 0 N–H and O–H groups in total. The standard InChI is InChI=1S/C13H15N3O4S/c1-9-6-10(4-5-11(9)21(3)19)20-8-12-14-7-13(15(12)2)16(17)18/h4-7H,8H2,1-3H3. The van der Waals surface area contributed by atoms with Crippen molar-refractivity contribution in [3.63, 3.8) is 0 Å². The summed E-state index contributed by atoms with van der Waals surface area (Å²) in [5, 5.41) is 10.7. The van der Waals surface area contributed by atoms with Crippen molar-refractivity contribution in [3.8, 4) is 5.75 Å². The van der Waals surface area contributed by atoms with Crippen LogP contribution in [0.5, 0.6) is 5.75 Å². The van der Waals surface area contributed by atoms with E-state index in [-0.39, 0.29) is 12.4 Å². The Morgan fingerprint density at radius 2 is 2.19 bits per heavy atom. The van der Waals surface area contributed by atoms with Gasteiger partial charge in [0, 0.05) is 11.2 Å². The van der Waals surface area contributed by atoms with Gasteiger partial charge in [0.15, 0.2) is 6.61 Å². The maximum Gasteiger partial charge on any atom is 0.342 e. The SMILES string of the molecule is Cc1cc(OCc2ncc([N+](=O)[O-])n2C)ccc1S(C)=O. The number of ether oxygens (including phenoxy) is 1. The Labute approximate surface area is 124 Å². The van der Waals surface area contributed by atoms with Gasteiger partial charge in [0.25, 0.3) is 0 Å². The normalized spacial score (nSPS) is 12.1. The second-order valence-corrected chi connectivity index (χ2v) is 5.87. The molecule has 0 amide bonds. The van der Waals surface area contributed by atoms with Crippen molar-refractivity contribution in [2.75, 3.05) is 6.26 Å². The van der Waals surface area contributed by atoms with Gasteiger partial charge >= 0.3 is 5.82 Å². The molecule has 0 saturated heterocycles. The monoisotopic (exact) mass is 309 g/mol. The fourth-order valence-electron chi connectivity index (χ4n) is 1.92. The van der Waals surface area contributed by atoms with Crippen LogP contribution in [0.1, 0.15) is 11.4 Å². The fourth-order valence-corrected chi connectivity index (χ4v) is 2.70.